The van der Waals surface area contributed by atoms with Crippen LogP contribution in [0.4, 0.5) is 0 Å². The van der Waals surface area contributed by atoms with Gasteiger partial charge in [-0.05, 0) is 22.8 Å². The van der Waals surface area contributed by atoms with E-state index in [0.29, 0.717) is 16.7 Å². The Morgan fingerprint density at radius 3 is 2.54 bits per heavy atom. The highest BCUT2D eigenvalue weighted by molar-refractivity contribution is 8.21. The SMILES string of the molecule is O=C(O)C(Oc1ccccc1)SCl. The highest BCUT2D eigenvalue weighted by atomic mass is 35.7. The molecule has 0 aromatic heterocycles. The van der Waals surface area contributed by atoms with Gasteiger partial charge in [-0.2, -0.15) is 0 Å². The fraction of sp³-hybridized carbons (Fsp3) is 0.125. The molecule has 1 aromatic rings. The van der Waals surface area contributed by atoms with Crippen molar-refractivity contribution in [1.29, 1.82) is 0 Å². The highest BCUT2D eigenvalue weighted by Crippen LogP contribution is 2.20. The van der Waals surface area contributed by atoms with Gasteiger partial charge in [0.1, 0.15) is 5.75 Å². The molecule has 0 heterocycles. The number of carbonyl (C=O) groups is 1. The Hall–Kier alpha value is -0.870. The van der Waals surface area contributed by atoms with E-state index in [9.17, 15) is 4.79 Å². The standard InChI is InChI=1S/C8H7ClO3S/c9-13-8(7(10)11)12-6-4-2-1-3-5-6/h1-5,8H,(H,10,11). The lowest BCUT2D eigenvalue weighted by Crippen LogP contribution is -2.21. The molecule has 70 valence electrons. The van der Waals surface area contributed by atoms with E-state index in [1.165, 1.54) is 0 Å². The number of rotatable bonds is 4. The molecule has 3 nitrogen and oxygen atoms in total. The largest absolute Gasteiger partial charge is 0.478 e. The predicted molar refractivity (Wildman–Crippen MR) is 51.9 cm³/mol. The van der Waals surface area contributed by atoms with Gasteiger partial charge < -0.3 is 9.84 Å². The maximum Gasteiger partial charge on any atom is 0.356 e. The first-order valence-corrected chi connectivity index (χ1v) is 5.16. The second-order valence-corrected chi connectivity index (χ2v) is 3.33. The number of aliphatic carboxylic acids is 1. The molecule has 0 amide bonds. The molecule has 0 aliphatic heterocycles. The van der Waals surface area contributed by atoms with Gasteiger partial charge in [-0.25, -0.2) is 4.79 Å². The molecule has 0 aliphatic carbocycles. The normalized spacial score (nSPS) is 12.1. The molecule has 1 N–H and O–H groups in total. The van der Waals surface area contributed by atoms with E-state index in [0.717, 1.165) is 0 Å². The number of hydrogen-bond donors (Lipinski definition) is 1. The van der Waals surface area contributed by atoms with Crippen molar-refractivity contribution < 1.29 is 14.6 Å². The number of carboxylic acids is 1. The van der Waals surface area contributed by atoms with Crippen LogP contribution >= 0.6 is 21.7 Å². The van der Waals surface area contributed by atoms with Crippen molar-refractivity contribution in [2.75, 3.05) is 0 Å². The summed E-state index contributed by atoms with van der Waals surface area (Å²) in [6, 6.07) is 8.67. The van der Waals surface area contributed by atoms with E-state index in [-0.39, 0.29) is 0 Å². The monoisotopic (exact) mass is 218 g/mol. The van der Waals surface area contributed by atoms with Crippen LogP contribution in [0, 0.1) is 0 Å². The zero-order valence-electron chi connectivity index (χ0n) is 6.51. The summed E-state index contributed by atoms with van der Waals surface area (Å²) >= 11 is 0. The lowest BCUT2D eigenvalue weighted by Gasteiger charge is -2.10. The quantitative estimate of drug-likeness (QED) is 0.789. The molecule has 0 radical (unpaired) electrons. The van der Waals surface area contributed by atoms with Gasteiger partial charge in [0.05, 0.1) is 0 Å². The number of hydrogen-bond acceptors (Lipinski definition) is 3. The molecule has 0 spiro atoms. The molecule has 5 heteroatoms. The summed E-state index contributed by atoms with van der Waals surface area (Å²) in [5, 5.41) is 8.60. The third-order valence-corrected chi connectivity index (χ3v) is 2.21. The molecular formula is C8H7ClO3S. The molecule has 1 aromatic carbocycles. The average molecular weight is 219 g/mol. The smallest absolute Gasteiger partial charge is 0.356 e. The molecule has 1 rings (SSSR count). The zero-order valence-corrected chi connectivity index (χ0v) is 8.09. The van der Waals surface area contributed by atoms with Crippen molar-refractivity contribution in [2.45, 2.75) is 5.44 Å². The van der Waals surface area contributed by atoms with Gasteiger partial charge in [0, 0.05) is 11.0 Å². The van der Waals surface area contributed by atoms with Crippen LogP contribution in [-0.2, 0) is 4.79 Å². The number of para-hydroxylation sites is 1. The van der Waals surface area contributed by atoms with Crippen LogP contribution in [0.15, 0.2) is 30.3 Å². The molecule has 0 saturated carbocycles. The molecule has 0 saturated heterocycles. The summed E-state index contributed by atoms with van der Waals surface area (Å²) < 4.78 is 5.06. The van der Waals surface area contributed by atoms with E-state index in [2.05, 4.69) is 0 Å². The van der Waals surface area contributed by atoms with E-state index in [1.54, 1.807) is 24.3 Å². The molecule has 1 unspecified atom stereocenters. The van der Waals surface area contributed by atoms with Gasteiger partial charge >= 0.3 is 5.97 Å². The fourth-order valence-corrected chi connectivity index (χ4v) is 1.29. The molecule has 0 fully saturated rings. The highest BCUT2D eigenvalue weighted by Gasteiger charge is 2.18. The summed E-state index contributed by atoms with van der Waals surface area (Å²) in [5.74, 6) is -0.605. The van der Waals surface area contributed by atoms with E-state index in [4.69, 9.17) is 20.5 Å². The van der Waals surface area contributed by atoms with Gasteiger partial charge in [-0.15, -0.1) is 0 Å². The van der Waals surface area contributed by atoms with E-state index < -0.39 is 11.4 Å². The first kappa shape index (κ1) is 10.2. The fourth-order valence-electron chi connectivity index (χ4n) is 0.729. The number of ether oxygens (including phenoxy) is 1. The Labute approximate surface area is 84.2 Å². The summed E-state index contributed by atoms with van der Waals surface area (Å²) in [5.41, 5.74) is -1.07. The zero-order chi connectivity index (χ0) is 9.68. The lowest BCUT2D eigenvalue weighted by atomic mass is 10.3. The third kappa shape index (κ3) is 3.16. The molecule has 0 bridgehead atoms. The Balaban J connectivity index is 2.62. The van der Waals surface area contributed by atoms with Gasteiger partial charge in [-0.3, -0.25) is 0 Å². The number of halogens is 1. The minimum atomic E-state index is -1.09. The Morgan fingerprint density at radius 1 is 1.46 bits per heavy atom. The molecular weight excluding hydrogens is 212 g/mol. The number of benzene rings is 1. The van der Waals surface area contributed by atoms with Gasteiger partial charge in [0.2, 0.25) is 0 Å². The molecule has 1 atom stereocenters. The van der Waals surface area contributed by atoms with Crippen LogP contribution in [0.1, 0.15) is 0 Å². The van der Waals surface area contributed by atoms with Crippen LogP contribution < -0.4 is 4.74 Å². The first-order valence-electron chi connectivity index (χ1n) is 3.46. The van der Waals surface area contributed by atoms with Crippen molar-refractivity contribution in [3.05, 3.63) is 30.3 Å². The average Bonchev–Trinajstić information content (AvgIpc) is 2.15. The summed E-state index contributed by atoms with van der Waals surface area (Å²) in [7, 11) is 5.95. The van der Waals surface area contributed by atoms with Crippen LogP contribution in [0.5, 0.6) is 5.75 Å². The Morgan fingerprint density at radius 2 is 2.08 bits per heavy atom. The van der Waals surface area contributed by atoms with Gasteiger partial charge in [-0.1, -0.05) is 18.2 Å². The van der Waals surface area contributed by atoms with Crippen molar-refractivity contribution in [1.82, 2.24) is 0 Å². The Kier molecular flexibility index (Phi) is 3.92. The minimum absolute atomic E-state index is 0.489. The summed E-state index contributed by atoms with van der Waals surface area (Å²) in [6.07, 6.45) is 0. The molecule has 0 aliphatic rings. The Bertz CT molecular complexity index is 278. The minimum Gasteiger partial charge on any atom is -0.478 e. The summed E-state index contributed by atoms with van der Waals surface area (Å²) in [6.45, 7) is 0. The maximum absolute atomic E-state index is 10.5. The first-order chi connectivity index (χ1) is 6.24. The van der Waals surface area contributed by atoms with Gasteiger partial charge in [0.25, 0.3) is 5.44 Å². The van der Waals surface area contributed by atoms with Crippen molar-refractivity contribution >= 4 is 27.6 Å². The van der Waals surface area contributed by atoms with E-state index >= 15 is 0 Å². The van der Waals surface area contributed by atoms with Gasteiger partial charge in [0.15, 0.2) is 0 Å². The number of carboxylic acid groups (broad SMARTS) is 1. The second-order valence-electron chi connectivity index (χ2n) is 2.19. The molecule has 13 heavy (non-hydrogen) atoms. The van der Waals surface area contributed by atoms with Crippen molar-refractivity contribution in [3.8, 4) is 5.75 Å². The third-order valence-electron chi connectivity index (χ3n) is 1.27. The van der Waals surface area contributed by atoms with E-state index in [1.807, 2.05) is 6.07 Å². The van der Waals surface area contributed by atoms with Crippen LogP contribution in [0.3, 0.4) is 0 Å². The maximum atomic E-state index is 10.5. The van der Waals surface area contributed by atoms with Crippen LogP contribution in [-0.4, -0.2) is 16.5 Å². The lowest BCUT2D eigenvalue weighted by molar-refractivity contribution is -0.140. The van der Waals surface area contributed by atoms with Crippen LogP contribution in [0.25, 0.3) is 0 Å². The second kappa shape index (κ2) is 4.99. The topological polar surface area (TPSA) is 46.5 Å². The van der Waals surface area contributed by atoms with Crippen molar-refractivity contribution in [2.24, 2.45) is 0 Å². The summed E-state index contributed by atoms with van der Waals surface area (Å²) in [4.78, 5) is 10.5. The van der Waals surface area contributed by atoms with Crippen molar-refractivity contribution in [3.63, 3.8) is 0 Å². The predicted octanol–water partition coefficient (Wildman–Crippen LogP) is 2.36. The van der Waals surface area contributed by atoms with Crippen LogP contribution in [0.2, 0.25) is 0 Å².